The van der Waals surface area contributed by atoms with Crippen molar-refractivity contribution in [3.05, 3.63) is 30.9 Å². The SMILES string of the molecule is O=C(O)[C@H]1CN(Cc2ncc[nH]2)CCN(C(=O)Cn2cncn2)C1. The number of hydrogen-bond acceptors (Lipinski definition) is 6. The molecule has 1 atom stereocenters. The zero-order chi connectivity index (χ0) is 16.9. The molecule has 3 heterocycles. The van der Waals surface area contributed by atoms with Gasteiger partial charge in [-0.25, -0.2) is 14.6 Å². The van der Waals surface area contributed by atoms with E-state index < -0.39 is 11.9 Å². The van der Waals surface area contributed by atoms with E-state index in [0.29, 0.717) is 26.2 Å². The second-order valence-corrected chi connectivity index (χ2v) is 5.74. The van der Waals surface area contributed by atoms with Crippen LogP contribution in [0.25, 0.3) is 0 Å². The molecule has 0 saturated carbocycles. The van der Waals surface area contributed by atoms with Crippen LogP contribution in [0.15, 0.2) is 25.0 Å². The predicted octanol–water partition coefficient (Wildman–Crippen LogP) is -0.954. The minimum Gasteiger partial charge on any atom is -0.481 e. The summed E-state index contributed by atoms with van der Waals surface area (Å²) in [6, 6.07) is 0. The predicted molar refractivity (Wildman–Crippen MR) is 81.6 cm³/mol. The molecule has 24 heavy (non-hydrogen) atoms. The molecule has 0 spiro atoms. The van der Waals surface area contributed by atoms with Gasteiger partial charge in [-0.1, -0.05) is 0 Å². The van der Waals surface area contributed by atoms with Crippen molar-refractivity contribution in [3.63, 3.8) is 0 Å². The van der Waals surface area contributed by atoms with Crippen LogP contribution >= 0.6 is 0 Å². The van der Waals surface area contributed by atoms with Crippen LogP contribution in [0.2, 0.25) is 0 Å². The van der Waals surface area contributed by atoms with Gasteiger partial charge in [0.25, 0.3) is 0 Å². The monoisotopic (exact) mass is 333 g/mol. The number of carboxylic acid groups (broad SMARTS) is 1. The van der Waals surface area contributed by atoms with Crippen LogP contribution in [0.3, 0.4) is 0 Å². The molecule has 2 N–H and O–H groups in total. The first kappa shape index (κ1) is 16.1. The standard InChI is InChI=1S/C14H19N7O3/c22-13(8-21-10-15-9-18-21)20-4-3-19(5-11(6-20)14(23)24)7-12-16-1-2-17-12/h1-2,9-11H,3-8H2,(H,16,17)(H,23,24)/t11-/m0/s1. The maximum atomic E-state index is 12.4. The number of rotatable bonds is 5. The Kier molecular flexibility index (Phi) is 4.85. The van der Waals surface area contributed by atoms with Gasteiger partial charge < -0.3 is 15.0 Å². The Morgan fingerprint density at radius 3 is 2.88 bits per heavy atom. The maximum Gasteiger partial charge on any atom is 0.309 e. The van der Waals surface area contributed by atoms with Gasteiger partial charge in [-0.05, 0) is 0 Å². The summed E-state index contributed by atoms with van der Waals surface area (Å²) in [7, 11) is 0. The molecule has 3 rings (SSSR count). The molecular weight excluding hydrogens is 314 g/mol. The van der Waals surface area contributed by atoms with E-state index in [1.165, 1.54) is 17.3 Å². The van der Waals surface area contributed by atoms with E-state index in [-0.39, 0.29) is 19.0 Å². The Balaban J connectivity index is 1.66. The Bertz CT molecular complexity index is 671. The average molecular weight is 333 g/mol. The fraction of sp³-hybridized carbons (Fsp3) is 0.500. The third-order valence-corrected chi connectivity index (χ3v) is 4.00. The number of aliphatic carboxylic acids is 1. The Morgan fingerprint density at radius 2 is 2.21 bits per heavy atom. The molecule has 10 nitrogen and oxygen atoms in total. The van der Waals surface area contributed by atoms with Crippen LogP contribution in [0, 0.1) is 5.92 Å². The van der Waals surface area contributed by atoms with Crippen molar-refractivity contribution in [1.82, 2.24) is 34.5 Å². The number of carboxylic acids is 1. The maximum absolute atomic E-state index is 12.4. The molecule has 0 unspecified atom stereocenters. The lowest BCUT2D eigenvalue weighted by Crippen LogP contribution is -2.39. The Morgan fingerprint density at radius 1 is 1.33 bits per heavy atom. The molecule has 1 amide bonds. The second kappa shape index (κ2) is 7.21. The zero-order valence-electron chi connectivity index (χ0n) is 13.1. The van der Waals surface area contributed by atoms with Gasteiger partial charge in [-0.3, -0.25) is 14.5 Å². The van der Waals surface area contributed by atoms with E-state index in [9.17, 15) is 14.7 Å². The molecule has 2 aromatic heterocycles. The highest BCUT2D eigenvalue weighted by atomic mass is 16.4. The van der Waals surface area contributed by atoms with Crippen LogP contribution in [0.1, 0.15) is 5.82 Å². The van der Waals surface area contributed by atoms with Gasteiger partial charge in [-0.15, -0.1) is 0 Å². The number of nitrogens with zero attached hydrogens (tertiary/aromatic N) is 6. The molecule has 1 fully saturated rings. The van der Waals surface area contributed by atoms with E-state index in [1.54, 1.807) is 17.3 Å². The summed E-state index contributed by atoms with van der Waals surface area (Å²) in [4.78, 5) is 38.5. The number of aromatic amines is 1. The number of amides is 1. The summed E-state index contributed by atoms with van der Waals surface area (Å²) in [5, 5.41) is 13.4. The highest BCUT2D eigenvalue weighted by Crippen LogP contribution is 2.13. The topological polar surface area (TPSA) is 120 Å². The third-order valence-electron chi connectivity index (χ3n) is 4.00. The zero-order valence-corrected chi connectivity index (χ0v) is 13.1. The second-order valence-electron chi connectivity index (χ2n) is 5.74. The summed E-state index contributed by atoms with van der Waals surface area (Å²) >= 11 is 0. The van der Waals surface area contributed by atoms with E-state index in [2.05, 4.69) is 20.1 Å². The lowest BCUT2D eigenvalue weighted by molar-refractivity contribution is -0.143. The number of carbonyl (C=O) groups excluding carboxylic acids is 1. The van der Waals surface area contributed by atoms with Crippen LogP contribution in [-0.2, 0) is 22.7 Å². The van der Waals surface area contributed by atoms with Crippen molar-refractivity contribution in [2.24, 2.45) is 5.92 Å². The van der Waals surface area contributed by atoms with Crippen molar-refractivity contribution >= 4 is 11.9 Å². The van der Waals surface area contributed by atoms with Crippen LogP contribution < -0.4 is 0 Å². The molecule has 1 aliphatic heterocycles. The fourth-order valence-corrected chi connectivity index (χ4v) is 2.76. The lowest BCUT2D eigenvalue weighted by Gasteiger charge is -2.22. The first-order valence-electron chi connectivity index (χ1n) is 7.65. The molecule has 1 aliphatic rings. The van der Waals surface area contributed by atoms with Crippen molar-refractivity contribution in [2.75, 3.05) is 26.2 Å². The molecule has 0 aromatic carbocycles. The number of aromatic nitrogens is 5. The summed E-state index contributed by atoms with van der Waals surface area (Å²) in [5.74, 6) is -0.921. The largest absolute Gasteiger partial charge is 0.481 e. The van der Waals surface area contributed by atoms with E-state index in [1.807, 2.05) is 4.90 Å². The van der Waals surface area contributed by atoms with Gasteiger partial charge in [0.15, 0.2) is 0 Å². The van der Waals surface area contributed by atoms with Crippen molar-refractivity contribution in [2.45, 2.75) is 13.1 Å². The van der Waals surface area contributed by atoms with Crippen LogP contribution in [0.5, 0.6) is 0 Å². The van der Waals surface area contributed by atoms with Crippen LogP contribution in [-0.4, -0.2) is 77.7 Å². The molecule has 128 valence electrons. The Labute approximate surface area is 138 Å². The summed E-state index contributed by atoms with van der Waals surface area (Å²) < 4.78 is 1.43. The molecule has 1 saturated heterocycles. The van der Waals surface area contributed by atoms with Crippen molar-refractivity contribution in [1.29, 1.82) is 0 Å². The Hall–Kier alpha value is -2.75. The van der Waals surface area contributed by atoms with E-state index in [4.69, 9.17) is 0 Å². The molecule has 10 heteroatoms. The van der Waals surface area contributed by atoms with Gasteiger partial charge in [0.05, 0.1) is 12.5 Å². The highest BCUT2D eigenvalue weighted by molar-refractivity contribution is 5.77. The number of carbonyl (C=O) groups is 2. The van der Waals surface area contributed by atoms with Gasteiger partial charge in [0, 0.05) is 38.6 Å². The molecule has 2 aromatic rings. The molecule has 0 aliphatic carbocycles. The number of hydrogen-bond donors (Lipinski definition) is 2. The smallest absolute Gasteiger partial charge is 0.309 e. The normalized spacial score (nSPS) is 19.2. The summed E-state index contributed by atoms with van der Waals surface area (Å²) in [6.07, 6.45) is 6.22. The third kappa shape index (κ3) is 3.96. The fourth-order valence-electron chi connectivity index (χ4n) is 2.76. The highest BCUT2D eigenvalue weighted by Gasteiger charge is 2.30. The first-order chi connectivity index (χ1) is 11.6. The summed E-state index contributed by atoms with van der Waals surface area (Å²) in [5.41, 5.74) is 0. The van der Waals surface area contributed by atoms with E-state index >= 15 is 0 Å². The van der Waals surface area contributed by atoms with Gasteiger partial charge >= 0.3 is 5.97 Å². The van der Waals surface area contributed by atoms with Crippen molar-refractivity contribution < 1.29 is 14.7 Å². The van der Waals surface area contributed by atoms with Gasteiger partial charge in [0.1, 0.15) is 25.0 Å². The first-order valence-corrected chi connectivity index (χ1v) is 7.65. The van der Waals surface area contributed by atoms with E-state index in [0.717, 1.165) is 5.82 Å². The minimum atomic E-state index is -0.903. The number of imidazole rings is 1. The average Bonchev–Trinajstić information content (AvgIpc) is 3.19. The quantitative estimate of drug-likeness (QED) is 0.723. The minimum absolute atomic E-state index is 0.0600. The molecule has 0 radical (unpaired) electrons. The number of H-pyrrole nitrogens is 1. The molecular formula is C14H19N7O3. The van der Waals surface area contributed by atoms with Gasteiger partial charge in [-0.2, -0.15) is 5.10 Å². The van der Waals surface area contributed by atoms with Crippen molar-refractivity contribution in [3.8, 4) is 0 Å². The lowest BCUT2D eigenvalue weighted by atomic mass is 10.1. The van der Waals surface area contributed by atoms with Crippen LogP contribution in [0.4, 0.5) is 0 Å². The summed E-state index contributed by atoms with van der Waals surface area (Å²) in [6.45, 7) is 2.22. The van der Waals surface area contributed by atoms with Gasteiger partial charge in [0.2, 0.25) is 5.91 Å². The number of nitrogens with one attached hydrogen (secondary N) is 1. The molecule has 0 bridgehead atoms.